The molecular weight excluding hydrogens is 1680 g/mol. The molecule has 0 saturated heterocycles. The average molecular weight is 1770 g/mol. The third-order valence-electron chi connectivity index (χ3n) is 23.0. The topological polar surface area (TPSA) is 0 Å². The van der Waals surface area contributed by atoms with Gasteiger partial charge in [-0.1, -0.05) is 240 Å². The minimum absolute atomic E-state index is 0.220. The van der Waals surface area contributed by atoms with Gasteiger partial charge in [-0.15, -0.1) is 0 Å². The van der Waals surface area contributed by atoms with Gasteiger partial charge in [-0.2, -0.15) is 0 Å². The Morgan fingerprint density at radius 3 is 0.419 bits per heavy atom. The van der Waals surface area contributed by atoms with Crippen molar-refractivity contribution in [2.45, 2.75) is 135 Å². The molecule has 0 nitrogen and oxygen atoms in total. The van der Waals surface area contributed by atoms with Gasteiger partial charge in [-0.3, -0.25) is 0 Å². The standard InChI is InChI=1S/C39H34F6.C37H30F6.C35H26F6/c40-34-20-16-30(24-38(34)44)28-12-14-29(15-13-28)32-18-10-26(22-36(32)42)8-6-4-2-1-3-5-7-9-27-11-19-33(37(43)23-27)31-17-21-35(41)39(45)25-31;38-32-18-14-28(22-36(32)42)26-10-12-27(13-11-26)30-16-8-24(20-34(30)40)6-4-2-1-3-5-7-25-9-17-31(35(41)21-25)29-15-19-33(39)37(43)23-29;36-30-16-12-26(20-34(30)40)24-8-10-25(11-9-24)28-14-6-22(18-32(28)38)4-2-1-3-5-23-7-15-29(33(39)19-23)27-13-17-31(37)35(41)21-27/h10-25H,1-9H2;8-23H,1-7H2;6-21H,1-5H2. The monoisotopic (exact) mass is 1760 g/mol. The molecule has 0 aliphatic heterocycles. The van der Waals surface area contributed by atoms with E-state index in [0.717, 1.165) is 234 Å². The van der Waals surface area contributed by atoms with Crippen LogP contribution in [0.15, 0.2) is 291 Å². The highest BCUT2D eigenvalue weighted by atomic mass is 19.2. The molecule has 0 spiro atoms. The van der Waals surface area contributed by atoms with Crippen LogP contribution in [0.1, 0.15) is 130 Å². The zero-order valence-electron chi connectivity index (χ0n) is 70.4. The molecule has 0 N–H and O–H groups in total. The summed E-state index contributed by atoms with van der Waals surface area (Å²) < 4.78 is 249. The van der Waals surface area contributed by atoms with Gasteiger partial charge < -0.3 is 0 Å². The van der Waals surface area contributed by atoms with Crippen molar-refractivity contribution < 1.29 is 79.0 Å². The van der Waals surface area contributed by atoms with Crippen molar-refractivity contribution in [3.05, 3.63) is 429 Å². The van der Waals surface area contributed by atoms with Gasteiger partial charge in [-0.05, 0) is 286 Å². The molecule has 0 heterocycles. The zero-order valence-corrected chi connectivity index (χ0v) is 70.4. The van der Waals surface area contributed by atoms with Crippen LogP contribution in [-0.2, 0) is 38.5 Å². The van der Waals surface area contributed by atoms with Crippen LogP contribution < -0.4 is 0 Å². The number of rotatable bonds is 33. The predicted octanol–water partition coefficient (Wildman–Crippen LogP) is 33.8. The first-order valence-electron chi connectivity index (χ1n) is 43.1. The average Bonchev–Trinajstić information content (AvgIpc) is 0.848. The highest BCUT2D eigenvalue weighted by molar-refractivity contribution is 5.75. The Labute approximate surface area is 739 Å². The van der Waals surface area contributed by atoms with Crippen LogP contribution >= 0.6 is 0 Å². The van der Waals surface area contributed by atoms with Crippen LogP contribution in [0.4, 0.5) is 79.0 Å². The summed E-state index contributed by atoms with van der Waals surface area (Å²) >= 11 is 0. The summed E-state index contributed by atoms with van der Waals surface area (Å²) in [6, 6.07) is 72.8. The third-order valence-corrected chi connectivity index (χ3v) is 23.0. The van der Waals surface area contributed by atoms with Crippen molar-refractivity contribution in [3.8, 4) is 100 Å². The lowest BCUT2D eigenvalue weighted by atomic mass is 9.97. The molecule has 129 heavy (non-hydrogen) atoms. The summed E-state index contributed by atoms with van der Waals surface area (Å²) in [6.45, 7) is 0. The highest BCUT2D eigenvalue weighted by Crippen LogP contribution is 2.36. The van der Waals surface area contributed by atoms with Gasteiger partial charge in [0, 0.05) is 33.4 Å². The number of unbranched alkanes of at least 4 members (excludes halogenated alkanes) is 12. The SMILES string of the molecule is Fc1ccc(-c2ccc(-c3ccc(CCCCCCCCCc4ccc(-c5ccc(F)c(F)c5)c(F)c4)cc3F)cc2)cc1F.Fc1ccc(-c2ccc(-c3ccc(CCCCCCCc4ccc(-c5ccc(F)c(F)c5)c(F)c4)cc3F)cc2)cc1F.Fc1ccc(-c2ccc(-c3ccc(CCCCCc4ccc(-c5ccc(F)c(F)c5)c(F)c4)cc3F)cc2)cc1F. The maximum absolute atomic E-state index is 14.9. The van der Waals surface area contributed by atoms with E-state index in [0.29, 0.717) is 85.2 Å². The van der Waals surface area contributed by atoms with Crippen molar-refractivity contribution in [2.75, 3.05) is 0 Å². The Bertz CT molecular complexity index is 6340. The largest absolute Gasteiger partial charge is 0.206 e. The van der Waals surface area contributed by atoms with Crippen LogP contribution in [0.2, 0.25) is 0 Å². The fourth-order valence-electron chi connectivity index (χ4n) is 15.8. The molecule has 0 bridgehead atoms. The molecule has 0 unspecified atom stereocenters. The lowest BCUT2D eigenvalue weighted by Gasteiger charge is -2.09. The molecule has 0 fully saturated rings. The second-order valence-corrected chi connectivity index (χ2v) is 32.2. The summed E-state index contributed by atoms with van der Waals surface area (Å²) in [4.78, 5) is 0. The van der Waals surface area contributed by atoms with Gasteiger partial charge in [0.25, 0.3) is 0 Å². The zero-order chi connectivity index (χ0) is 91.0. The maximum atomic E-state index is 14.9. The predicted molar refractivity (Wildman–Crippen MR) is 478 cm³/mol. The smallest absolute Gasteiger partial charge is 0.159 e. The van der Waals surface area contributed by atoms with Crippen molar-refractivity contribution >= 4 is 0 Å². The van der Waals surface area contributed by atoms with Crippen molar-refractivity contribution in [1.29, 1.82) is 0 Å². The van der Waals surface area contributed by atoms with Crippen LogP contribution in [-0.4, -0.2) is 0 Å². The van der Waals surface area contributed by atoms with Crippen LogP contribution in [0, 0.1) is 105 Å². The molecule has 0 radical (unpaired) electrons. The molecule has 0 aliphatic carbocycles. The molecule has 15 aromatic rings. The summed E-state index contributed by atoms with van der Waals surface area (Å²) in [5.41, 5.74) is 14.3. The number of hydrogen-bond donors (Lipinski definition) is 0. The van der Waals surface area contributed by atoms with E-state index in [2.05, 4.69) is 0 Å². The summed E-state index contributed by atoms with van der Waals surface area (Å²) in [5, 5.41) is 0. The van der Waals surface area contributed by atoms with Gasteiger partial charge >= 0.3 is 0 Å². The van der Waals surface area contributed by atoms with E-state index in [1.54, 1.807) is 127 Å². The second kappa shape index (κ2) is 45.1. The normalized spacial score (nSPS) is 11.2. The molecule has 0 aromatic heterocycles. The fraction of sp³-hybridized carbons (Fsp3) is 0.189. The van der Waals surface area contributed by atoms with Crippen LogP contribution in [0.5, 0.6) is 0 Å². The number of halogens is 18. The van der Waals surface area contributed by atoms with E-state index in [-0.39, 0.29) is 39.7 Å². The van der Waals surface area contributed by atoms with E-state index in [9.17, 15) is 79.0 Å². The van der Waals surface area contributed by atoms with Gasteiger partial charge in [0.2, 0.25) is 0 Å². The molecule has 0 atom stereocenters. The maximum Gasteiger partial charge on any atom is 0.159 e. The Morgan fingerprint density at radius 1 is 0.101 bits per heavy atom. The van der Waals surface area contributed by atoms with Gasteiger partial charge in [0.15, 0.2) is 69.8 Å². The lowest BCUT2D eigenvalue weighted by Crippen LogP contribution is -1.93. The molecule has 15 aromatic carbocycles. The lowest BCUT2D eigenvalue weighted by molar-refractivity contribution is 0.509. The van der Waals surface area contributed by atoms with Crippen molar-refractivity contribution in [3.63, 3.8) is 0 Å². The van der Waals surface area contributed by atoms with Gasteiger partial charge in [0.1, 0.15) is 34.9 Å². The van der Waals surface area contributed by atoms with E-state index >= 15 is 0 Å². The van der Waals surface area contributed by atoms with E-state index < -0.39 is 87.3 Å². The van der Waals surface area contributed by atoms with E-state index in [1.165, 1.54) is 60.7 Å². The van der Waals surface area contributed by atoms with Gasteiger partial charge in [0.05, 0.1) is 0 Å². The minimum atomic E-state index is -1.02. The summed E-state index contributed by atoms with van der Waals surface area (Å²) in [5.74, 6) is -13.6. The Kier molecular flexibility index (Phi) is 32.8. The first-order valence-corrected chi connectivity index (χ1v) is 43.1. The summed E-state index contributed by atoms with van der Waals surface area (Å²) in [6.07, 6.45) is 19.1. The molecule has 0 amide bonds. The van der Waals surface area contributed by atoms with Crippen LogP contribution in [0.3, 0.4) is 0 Å². The Balaban J connectivity index is 0.000000165. The number of aryl methyl sites for hydroxylation is 6. The fourth-order valence-corrected chi connectivity index (χ4v) is 15.8. The first kappa shape index (κ1) is 93.7. The molecule has 0 saturated carbocycles. The second-order valence-electron chi connectivity index (χ2n) is 32.2. The molecule has 0 aliphatic rings. The minimum Gasteiger partial charge on any atom is -0.206 e. The quantitative estimate of drug-likeness (QED) is 0.0284. The van der Waals surface area contributed by atoms with Crippen molar-refractivity contribution in [2.24, 2.45) is 0 Å². The Morgan fingerprint density at radius 2 is 0.240 bits per heavy atom. The number of hydrogen-bond acceptors (Lipinski definition) is 0. The molecular formula is C111H90F18. The van der Waals surface area contributed by atoms with Gasteiger partial charge in [-0.25, -0.2) is 79.0 Å². The van der Waals surface area contributed by atoms with Crippen LogP contribution in [0.25, 0.3) is 100 Å². The highest BCUT2D eigenvalue weighted by Gasteiger charge is 2.19. The van der Waals surface area contributed by atoms with E-state index in [4.69, 9.17) is 0 Å². The number of benzene rings is 15. The molecule has 660 valence electrons. The first-order chi connectivity index (χ1) is 62.3. The third kappa shape index (κ3) is 25.7. The van der Waals surface area contributed by atoms with Crippen molar-refractivity contribution in [1.82, 2.24) is 0 Å². The molecule has 15 rings (SSSR count). The summed E-state index contributed by atoms with van der Waals surface area (Å²) in [7, 11) is 0. The molecule has 18 heteroatoms. The Hall–Kier alpha value is -13.0. The van der Waals surface area contributed by atoms with E-state index in [1.807, 2.05) is 30.3 Å².